The molecule has 1 unspecified atom stereocenters. The molecule has 1 atom stereocenters. The van der Waals surface area contributed by atoms with Crippen LogP contribution in [0.15, 0.2) is 48.5 Å². The lowest BCUT2D eigenvalue weighted by molar-refractivity contribution is -0.116. The van der Waals surface area contributed by atoms with E-state index in [1.54, 1.807) is 19.1 Å². The minimum Gasteiger partial charge on any atom is -0.378 e. The second kappa shape index (κ2) is 7.98. The van der Waals surface area contributed by atoms with Crippen molar-refractivity contribution in [1.29, 1.82) is 0 Å². The minimum absolute atomic E-state index is 0.220. The molecule has 2 aromatic carbocycles. The Bertz CT molecular complexity index is 732. The summed E-state index contributed by atoms with van der Waals surface area (Å²) in [6.07, 6.45) is 0. The van der Waals surface area contributed by atoms with Gasteiger partial charge in [0.15, 0.2) is 0 Å². The Morgan fingerprint density at radius 2 is 1.84 bits per heavy atom. The van der Waals surface area contributed by atoms with Crippen molar-refractivity contribution in [2.45, 2.75) is 13.0 Å². The van der Waals surface area contributed by atoms with E-state index >= 15 is 0 Å². The first-order valence-electron chi connectivity index (χ1n) is 8.37. The first-order valence-corrected chi connectivity index (χ1v) is 8.37. The van der Waals surface area contributed by atoms with Crippen LogP contribution in [0.3, 0.4) is 0 Å². The second-order valence-corrected chi connectivity index (χ2v) is 6.02. The van der Waals surface area contributed by atoms with E-state index in [2.05, 4.69) is 15.5 Å². The summed E-state index contributed by atoms with van der Waals surface area (Å²) in [6, 6.07) is 13.4. The monoisotopic (exact) mass is 343 g/mol. The minimum atomic E-state index is -0.455. The number of carbonyl (C=O) groups is 1. The topological polar surface area (TPSA) is 53.6 Å². The molecule has 0 saturated carbocycles. The van der Waals surface area contributed by atoms with Crippen LogP contribution < -0.4 is 15.5 Å². The van der Waals surface area contributed by atoms with Crippen LogP contribution in [-0.2, 0) is 9.53 Å². The van der Waals surface area contributed by atoms with Gasteiger partial charge in [-0.2, -0.15) is 0 Å². The Hall–Kier alpha value is -2.60. The highest BCUT2D eigenvalue weighted by Crippen LogP contribution is 2.21. The van der Waals surface area contributed by atoms with Crippen molar-refractivity contribution in [1.82, 2.24) is 0 Å². The van der Waals surface area contributed by atoms with Gasteiger partial charge in [-0.05, 0) is 43.3 Å². The quantitative estimate of drug-likeness (QED) is 0.876. The van der Waals surface area contributed by atoms with Gasteiger partial charge in [-0.3, -0.25) is 4.79 Å². The zero-order valence-corrected chi connectivity index (χ0v) is 14.2. The van der Waals surface area contributed by atoms with Gasteiger partial charge < -0.3 is 20.3 Å². The van der Waals surface area contributed by atoms with Gasteiger partial charge in [0, 0.05) is 30.2 Å². The average Bonchev–Trinajstić information content (AvgIpc) is 2.62. The van der Waals surface area contributed by atoms with E-state index in [-0.39, 0.29) is 11.7 Å². The number of nitrogens with one attached hydrogen (secondary N) is 2. The molecule has 1 heterocycles. The molecule has 25 heavy (non-hydrogen) atoms. The fourth-order valence-corrected chi connectivity index (χ4v) is 2.75. The molecule has 1 amide bonds. The molecule has 0 radical (unpaired) electrons. The Balaban J connectivity index is 1.62. The van der Waals surface area contributed by atoms with Crippen molar-refractivity contribution in [3.8, 4) is 0 Å². The van der Waals surface area contributed by atoms with Crippen LogP contribution in [0.4, 0.5) is 21.5 Å². The molecule has 1 fully saturated rings. The standard InChI is InChI=1S/C19H22FN3O2/c1-14(19(24)22-16-5-2-4-15(20)12-16)21-17-6-3-7-18(13-17)23-8-10-25-11-9-23/h2-7,12-14,21H,8-11H2,1H3,(H,22,24). The fraction of sp³-hybridized carbons (Fsp3) is 0.316. The Morgan fingerprint density at radius 1 is 1.12 bits per heavy atom. The fourth-order valence-electron chi connectivity index (χ4n) is 2.75. The molecule has 0 aromatic heterocycles. The highest BCUT2D eigenvalue weighted by atomic mass is 19.1. The molecule has 0 bridgehead atoms. The van der Waals surface area contributed by atoms with E-state index in [4.69, 9.17) is 4.74 Å². The van der Waals surface area contributed by atoms with Crippen LogP contribution in [0.1, 0.15) is 6.92 Å². The predicted molar refractivity (Wildman–Crippen MR) is 97.6 cm³/mol. The largest absolute Gasteiger partial charge is 0.378 e. The van der Waals surface area contributed by atoms with Crippen molar-refractivity contribution in [2.24, 2.45) is 0 Å². The Morgan fingerprint density at radius 3 is 2.60 bits per heavy atom. The van der Waals surface area contributed by atoms with Crippen molar-refractivity contribution < 1.29 is 13.9 Å². The summed E-state index contributed by atoms with van der Waals surface area (Å²) in [5.41, 5.74) is 2.41. The normalized spacial score (nSPS) is 15.5. The maximum absolute atomic E-state index is 13.2. The van der Waals surface area contributed by atoms with Gasteiger partial charge in [0.2, 0.25) is 5.91 Å². The molecule has 1 aliphatic rings. The summed E-state index contributed by atoms with van der Waals surface area (Å²) in [7, 11) is 0. The lowest BCUT2D eigenvalue weighted by Gasteiger charge is -2.29. The van der Waals surface area contributed by atoms with Crippen LogP contribution in [0.2, 0.25) is 0 Å². The number of carbonyl (C=O) groups excluding carboxylic acids is 1. The third kappa shape index (κ3) is 4.70. The van der Waals surface area contributed by atoms with E-state index in [1.807, 2.05) is 24.3 Å². The van der Waals surface area contributed by atoms with Gasteiger partial charge in [0.05, 0.1) is 13.2 Å². The summed E-state index contributed by atoms with van der Waals surface area (Å²) >= 11 is 0. The third-order valence-corrected chi connectivity index (χ3v) is 4.09. The van der Waals surface area contributed by atoms with E-state index in [0.717, 1.165) is 37.7 Å². The van der Waals surface area contributed by atoms with E-state index < -0.39 is 6.04 Å². The molecule has 6 heteroatoms. The summed E-state index contributed by atoms with van der Waals surface area (Å²) < 4.78 is 18.6. The summed E-state index contributed by atoms with van der Waals surface area (Å²) in [5, 5.41) is 5.90. The molecule has 2 N–H and O–H groups in total. The zero-order valence-electron chi connectivity index (χ0n) is 14.2. The van der Waals surface area contributed by atoms with Crippen LogP contribution in [0, 0.1) is 5.82 Å². The first-order chi connectivity index (χ1) is 12.1. The van der Waals surface area contributed by atoms with Gasteiger partial charge >= 0.3 is 0 Å². The number of ether oxygens (including phenoxy) is 1. The van der Waals surface area contributed by atoms with Crippen molar-refractivity contribution >= 4 is 23.0 Å². The SMILES string of the molecule is CC(Nc1cccc(N2CCOCC2)c1)C(=O)Nc1cccc(F)c1. The summed E-state index contributed by atoms with van der Waals surface area (Å²) in [6.45, 7) is 4.95. The van der Waals surface area contributed by atoms with Crippen LogP contribution in [-0.4, -0.2) is 38.3 Å². The third-order valence-electron chi connectivity index (χ3n) is 4.09. The first kappa shape index (κ1) is 17.2. The van der Waals surface area contributed by atoms with Crippen LogP contribution >= 0.6 is 0 Å². The number of amides is 1. The molecule has 2 aromatic rings. The number of benzene rings is 2. The zero-order chi connectivity index (χ0) is 17.6. The molecule has 0 aliphatic carbocycles. The van der Waals surface area contributed by atoms with E-state index in [1.165, 1.54) is 12.1 Å². The van der Waals surface area contributed by atoms with Crippen molar-refractivity contribution in [2.75, 3.05) is 41.8 Å². The Kier molecular flexibility index (Phi) is 5.50. The number of nitrogens with zero attached hydrogens (tertiary/aromatic N) is 1. The summed E-state index contributed by atoms with van der Waals surface area (Å²) in [4.78, 5) is 14.5. The maximum atomic E-state index is 13.2. The van der Waals surface area contributed by atoms with E-state index in [0.29, 0.717) is 5.69 Å². The molecule has 1 saturated heterocycles. The van der Waals surface area contributed by atoms with Gasteiger partial charge in [0.25, 0.3) is 0 Å². The second-order valence-electron chi connectivity index (χ2n) is 6.02. The van der Waals surface area contributed by atoms with Crippen molar-refractivity contribution in [3.63, 3.8) is 0 Å². The number of rotatable bonds is 5. The lowest BCUT2D eigenvalue weighted by atomic mass is 10.2. The molecule has 1 aliphatic heterocycles. The van der Waals surface area contributed by atoms with Crippen LogP contribution in [0.5, 0.6) is 0 Å². The van der Waals surface area contributed by atoms with Crippen LogP contribution in [0.25, 0.3) is 0 Å². The highest BCUT2D eigenvalue weighted by molar-refractivity contribution is 5.96. The molecule has 132 valence electrons. The molecule has 3 rings (SSSR count). The molecular weight excluding hydrogens is 321 g/mol. The summed E-state index contributed by atoms with van der Waals surface area (Å²) in [5.74, 6) is -0.598. The predicted octanol–water partition coefficient (Wildman–Crippen LogP) is 3.10. The van der Waals surface area contributed by atoms with Gasteiger partial charge in [-0.25, -0.2) is 4.39 Å². The lowest BCUT2D eigenvalue weighted by Crippen LogP contribution is -2.36. The number of anilines is 3. The van der Waals surface area contributed by atoms with Gasteiger partial charge in [-0.1, -0.05) is 12.1 Å². The van der Waals surface area contributed by atoms with E-state index in [9.17, 15) is 9.18 Å². The molecular formula is C19H22FN3O2. The Labute approximate surface area is 146 Å². The number of hydrogen-bond donors (Lipinski definition) is 2. The smallest absolute Gasteiger partial charge is 0.246 e. The number of halogens is 1. The number of morpholine rings is 1. The number of hydrogen-bond acceptors (Lipinski definition) is 4. The average molecular weight is 343 g/mol. The van der Waals surface area contributed by atoms with Gasteiger partial charge in [-0.15, -0.1) is 0 Å². The maximum Gasteiger partial charge on any atom is 0.246 e. The molecule has 0 spiro atoms. The molecule has 5 nitrogen and oxygen atoms in total. The van der Waals surface area contributed by atoms with Crippen molar-refractivity contribution in [3.05, 3.63) is 54.3 Å². The highest BCUT2D eigenvalue weighted by Gasteiger charge is 2.15. The van der Waals surface area contributed by atoms with Gasteiger partial charge in [0.1, 0.15) is 11.9 Å².